The Morgan fingerprint density at radius 2 is 1.71 bits per heavy atom. The zero-order valence-corrected chi connectivity index (χ0v) is 9.41. The van der Waals surface area contributed by atoms with E-state index in [0.717, 1.165) is 0 Å². The number of carbonyl (C=O) groups is 1. The monoisotopic (exact) mass is 250 g/mol. The van der Waals surface area contributed by atoms with Crippen LogP contribution in [-0.2, 0) is 0 Å². The Kier molecular flexibility index (Phi) is 3.11. The Balaban J connectivity index is 2.65. The van der Waals surface area contributed by atoms with Crippen LogP contribution in [0.3, 0.4) is 0 Å². The zero-order valence-electron chi connectivity index (χ0n) is 8.65. The van der Waals surface area contributed by atoms with E-state index in [4.69, 9.17) is 16.7 Å². The van der Waals surface area contributed by atoms with Crippen LogP contribution in [0.1, 0.15) is 10.4 Å². The Bertz CT molecular complexity index is 581. The van der Waals surface area contributed by atoms with E-state index >= 15 is 0 Å². The first-order chi connectivity index (χ1) is 8.11. The van der Waals surface area contributed by atoms with Crippen molar-refractivity contribution in [1.29, 1.82) is 0 Å². The number of carboxylic acid groups (broad SMARTS) is 1. The number of rotatable bonds is 2. The van der Waals surface area contributed by atoms with Gasteiger partial charge < -0.3 is 5.11 Å². The fourth-order valence-corrected chi connectivity index (χ4v) is 1.82. The lowest BCUT2D eigenvalue weighted by atomic mass is 10.0. The van der Waals surface area contributed by atoms with Gasteiger partial charge in [-0.05, 0) is 12.1 Å². The van der Waals surface area contributed by atoms with Crippen LogP contribution >= 0.6 is 11.6 Å². The van der Waals surface area contributed by atoms with Gasteiger partial charge >= 0.3 is 5.97 Å². The van der Waals surface area contributed by atoms with Gasteiger partial charge in [-0.15, -0.1) is 0 Å². The van der Waals surface area contributed by atoms with Gasteiger partial charge in [-0.3, -0.25) is 0 Å². The summed E-state index contributed by atoms with van der Waals surface area (Å²) in [6.45, 7) is 0. The largest absolute Gasteiger partial charge is 0.478 e. The highest BCUT2D eigenvalue weighted by Gasteiger charge is 2.15. The molecule has 2 aromatic carbocycles. The standard InChI is InChI=1S/C13H8ClFO2/c14-11-7-2-1-4-8(11)9-5-3-6-10(12(9)15)13(16)17/h1-7H,(H,16,17). The summed E-state index contributed by atoms with van der Waals surface area (Å²) in [5.74, 6) is -2.07. The summed E-state index contributed by atoms with van der Waals surface area (Å²) in [6, 6.07) is 10.9. The average molecular weight is 251 g/mol. The quantitative estimate of drug-likeness (QED) is 0.879. The smallest absolute Gasteiger partial charge is 0.338 e. The van der Waals surface area contributed by atoms with E-state index in [-0.39, 0.29) is 11.1 Å². The predicted molar refractivity (Wildman–Crippen MR) is 63.8 cm³/mol. The first-order valence-corrected chi connectivity index (χ1v) is 5.26. The van der Waals surface area contributed by atoms with E-state index in [9.17, 15) is 9.18 Å². The second-order valence-electron chi connectivity index (χ2n) is 3.45. The highest BCUT2D eigenvalue weighted by atomic mass is 35.5. The molecule has 0 heterocycles. The van der Waals surface area contributed by atoms with Crippen molar-refractivity contribution in [3.05, 3.63) is 58.9 Å². The molecule has 0 fully saturated rings. The molecule has 0 spiro atoms. The summed E-state index contributed by atoms with van der Waals surface area (Å²) in [7, 11) is 0. The minimum absolute atomic E-state index is 0.190. The maximum Gasteiger partial charge on any atom is 0.338 e. The van der Waals surface area contributed by atoms with Gasteiger partial charge in [-0.2, -0.15) is 0 Å². The Labute approximate surface area is 102 Å². The van der Waals surface area contributed by atoms with E-state index in [1.165, 1.54) is 18.2 Å². The molecule has 2 aromatic rings. The number of aromatic carboxylic acids is 1. The molecule has 0 atom stereocenters. The van der Waals surface area contributed by atoms with Crippen LogP contribution in [0.4, 0.5) is 4.39 Å². The van der Waals surface area contributed by atoms with Gasteiger partial charge in [-0.25, -0.2) is 9.18 Å². The number of halogens is 2. The molecule has 0 amide bonds. The fourth-order valence-electron chi connectivity index (χ4n) is 1.58. The maximum absolute atomic E-state index is 13.9. The van der Waals surface area contributed by atoms with Crippen LogP contribution in [-0.4, -0.2) is 11.1 Å². The SMILES string of the molecule is O=C(O)c1cccc(-c2ccccc2Cl)c1F. The molecule has 0 bridgehead atoms. The normalized spacial score (nSPS) is 10.2. The second-order valence-corrected chi connectivity index (χ2v) is 3.86. The number of hydrogen-bond acceptors (Lipinski definition) is 1. The van der Waals surface area contributed by atoms with Gasteiger partial charge in [0.2, 0.25) is 0 Å². The third kappa shape index (κ3) is 2.15. The van der Waals surface area contributed by atoms with Crippen molar-refractivity contribution in [2.45, 2.75) is 0 Å². The van der Waals surface area contributed by atoms with Crippen LogP contribution in [0.2, 0.25) is 5.02 Å². The molecule has 0 saturated carbocycles. The summed E-state index contributed by atoms with van der Waals surface area (Å²) in [4.78, 5) is 10.8. The molecule has 0 saturated heterocycles. The Morgan fingerprint density at radius 1 is 1.06 bits per heavy atom. The van der Waals surface area contributed by atoms with Gasteiger partial charge in [-0.1, -0.05) is 41.9 Å². The molecule has 86 valence electrons. The fraction of sp³-hybridized carbons (Fsp3) is 0. The summed E-state index contributed by atoms with van der Waals surface area (Å²) in [5, 5.41) is 9.22. The van der Waals surface area contributed by atoms with Gasteiger partial charge in [0.15, 0.2) is 0 Å². The minimum Gasteiger partial charge on any atom is -0.478 e. The van der Waals surface area contributed by atoms with Gasteiger partial charge in [0, 0.05) is 16.1 Å². The average Bonchev–Trinajstić information content (AvgIpc) is 2.30. The molecule has 2 rings (SSSR count). The molecule has 0 aliphatic carbocycles. The molecule has 17 heavy (non-hydrogen) atoms. The van der Waals surface area contributed by atoms with Crippen molar-refractivity contribution in [3.63, 3.8) is 0 Å². The van der Waals surface area contributed by atoms with Crippen LogP contribution in [0.15, 0.2) is 42.5 Å². The van der Waals surface area contributed by atoms with Gasteiger partial charge in [0.05, 0.1) is 5.56 Å². The predicted octanol–water partition coefficient (Wildman–Crippen LogP) is 3.84. The summed E-state index contributed by atoms with van der Waals surface area (Å²) in [6.07, 6.45) is 0. The molecule has 2 nitrogen and oxygen atoms in total. The molecule has 0 aromatic heterocycles. The highest BCUT2D eigenvalue weighted by Crippen LogP contribution is 2.30. The number of carboxylic acids is 1. The lowest BCUT2D eigenvalue weighted by Crippen LogP contribution is -2.01. The molecule has 0 aliphatic rings. The maximum atomic E-state index is 13.9. The van der Waals surface area contributed by atoms with E-state index in [0.29, 0.717) is 10.6 Å². The molecule has 0 unspecified atom stereocenters. The third-order valence-electron chi connectivity index (χ3n) is 2.39. The minimum atomic E-state index is -1.29. The molecule has 4 heteroatoms. The number of hydrogen-bond donors (Lipinski definition) is 1. The summed E-state index contributed by atoms with van der Waals surface area (Å²) in [5.41, 5.74) is 0.313. The molecular formula is C13H8ClFO2. The highest BCUT2D eigenvalue weighted by molar-refractivity contribution is 6.33. The van der Waals surface area contributed by atoms with Crippen LogP contribution in [0, 0.1) is 5.82 Å². The summed E-state index contributed by atoms with van der Waals surface area (Å²) >= 11 is 5.95. The lowest BCUT2D eigenvalue weighted by Gasteiger charge is -2.07. The van der Waals surface area contributed by atoms with Crippen molar-refractivity contribution >= 4 is 17.6 Å². The van der Waals surface area contributed by atoms with Crippen LogP contribution < -0.4 is 0 Å². The van der Waals surface area contributed by atoms with Crippen molar-refractivity contribution in [2.24, 2.45) is 0 Å². The summed E-state index contributed by atoms with van der Waals surface area (Å²) < 4.78 is 13.9. The van der Waals surface area contributed by atoms with Crippen molar-refractivity contribution in [3.8, 4) is 11.1 Å². The Morgan fingerprint density at radius 3 is 2.35 bits per heavy atom. The van der Waals surface area contributed by atoms with Gasteiger partial charge in [0.25, 0.3) is 0 Å². The molecule has 0 radical (unpaired) electrons. The van der Waals surface area contributed by atoms with E-state index in [1.54, 1.807) is 24.3 Å². The van der Waals surface area contributed by atoms with Gasteiger partial charge in [0.1, 0.15) is 5.82 Å². The first kappa shape index (κ1) is 11.6. The molecule has 1 N–H and O–H groups in total. The first-order valence-electron chi connectivity index (χ1n) is 4.88. The van der Waals surface area contributed by atoms with E-state index in [1.807, 2.05) is 0 Å². The topological polar surface area (TPSA) is 37.3 Å². The second kappa shape index (κ2) is 4.55. The lowest BCUT2D eigenvalue weighted by molar-refractivity contribution is 0.0692. The van der Waals surface area contributed by atoms with Crippen molar-refractivity contribution in [1.82, 2.24) is 0 Å². The number of benzene rings is 2. The third-order valence-corrected chi connectivity index (χ3v) is 2.72. The van der Waals surface area contributed by atoms with Crippen molar-refractivity contribution in [2.75, 3.05) is 0 Å². The molecular weight excluding hydrogens is 243 g/mol. The van der Waals surface area contributed by atoms with Crippen LogP contribution in [0.25, 0.3) is 11.1 Å². The van der Waals surface area contributed by atoms with Crippen molar-refractivity contribution < 1.29 is 14.3 Å². The van der Waals surface area contributed by atoms with Crippen LogP contribution in [0.5, 0.6) is 0 Å². The molecule has 0 aliphatic heterocycles. The van der Waals surface area contributed by atoms with E-state index in [2.05, 4.69) is 0 Å². The zero-order chi connectivity index (χ0) is 12.4. The van der Waals surface area contributed by atoms with E-state index < -0.39 is 11.8 Å². The Hall–Kier alpha value is -1.87.